The number of hydrogen-bond donors (Lipinski definition) is 2. The molecule has 0 bridgehead atoms. The van der Waals surface area contributed by atoms with Crippen LogP contribution in [0, 0.1) is 51.4 Å². The molecule has 5 aliphatic rings. The molecule has 7 atom stereocenters. The third kappa shape index (κ3) is 4.90. The van der Waals surface area contributed by atoms with Crippen LogP contribution in [0.25, 0.3) is 4.85 Å². The van der Waals surface area contributed by atoms with Crippen molar-refractivity contribution in [3.63, 3.8) is 0 Å². The number of aliphatic hydroxyl groups excluding tert-OH is 1. The van der Waals surface area contributed by atoms with Crippen LogP contribution in [0.5, 0.6) is 0 Å². The average Bonchev–Trinajstić information content (AvgIpc) is 3.44. The summed E-state index contributed by atoms with van der Waals surface area (Å²) < 4.78 is 11.1. The van der Waals surface area contributed by atoms with Gasteiger partial charge in [-0.15, -0.1) is 0 Å². The van der Waals surface area contributed by atoms with Gasteiger partial charge in [0.2, 0.25) is 11.6 Å². The van der Waals surface area contributed by atoms with E-state index in [1.165, 1.54) is 5.57 Å². The molecule has 256 valence electrons. The summed E-state index contributed by atoms with van der Waals surface area (Å²) in [5.74, 6) is 1.36. The molecule has 6 rings (SSSR count). The summed E-state index contributed by atoms with van der Waals surface area (Å²) >= 11 is 0. The Labute approximate surface area is 280 Å². The molecule has 0 saturated heterocycles. The van der Waals surface area contributed by atoms with E-state index in [1.54, 1.807) is 0 Å². The van der Waals surface area contributed by atoms with Crippen LogP contribution in [0.2, 0.25) is 0 Å². The van der Waals surface area contributed by atoms with Gasteiger partial charge in [0.05, 0.1) is 6.57 Å². The minimum atomic E-state index is -0.612. The molecule has 1 heterocycles. The first-order valence-corrected chi connectivity index (χ1v) is 17.5. The highest BCUT2D eigenvalue weighted by molar-refractivity contribution is 5.95. The van der Waals surface area contributed by atoms with Crippen molar-refractivity contribution in [2.75, 3.05) is 0 Å². The first kappa shape index (κ1) is 33.7. The molecular weight excluding hydrogens is 592 g/mol. The molecule has 2 N–H and O–H groups in total. The molecular formula is C38H54N4O5. The lowest BCUT2D eigenvalue weighted by molar-refractivity contribution is -0.161. The Morgan fingerprint density at radius 2 is 1.79 bits per heavy atom. The fraction of sp³-hybridized carbons (Fsp3) is 0.763. The Morgan fingerprint density at radius 1 is 1.11 bits per heavy atom. The fourth-order valence-corrected chi connectivity index (χ4v) is 11.3. The van der Waals surface area contributed by atoms with Gasteiger partial charge in [0.25, 0.3) is 0 Å². The van der Waals surface area contributed by atoms with Crippen LogP contribution in [0.4, 0.5) is 4.79 Å². The number of hydrogen-bond acceptors (Lipinski definition) is 7. The lowest BCUT2D eigenvalue weighted by atomic mass is 9.34. The summed E-state index contributed by atoms with van der Waals surface area (Å²) in [5, 5.41) is 18.4. The van der Waals surface area contributed by atoms with E-state index in [4.69, 9.17) is 20.8 Å². The van der Waals surface area contributed by atoms with Gasteiger partial charge in [0, 0.05) is 16.7 Å². The molecule has 0 radical (unpaired) electrons. The first-order chi connectivity index (χ1) is 21.6. The number of allylic oxidation sites excluding steroid dienone is 4. The summed E-state index contributed by atoms with van der Waals surface area (Å²) in [4.78, 5) is 35.8. The first-order valence-electron chi connectivity index (χ1n) is 17.5. The van der Waals surface area contributed by atoms with Crippen LogP contribution in [0.1, 0.15) is 132 Å². The highest BCUT2D eigenvalue weighted by atomic mass is 16.6. The number of alkyl carbamates (subject to hydrolysis) is 1. The predicted molar refractivity (Wildman–Crippen MR) is 178 cm³/mol. The van der Waals surface area contributed by atoms with Gasteiger partial charge in [0.1, 0.15) is 17.9 Å². The van der Waals surface area contributed by atoms with Crippen molar-refractivity contribution in [3.8, 4) is 0 Å². The molecule has 3 saturated carbocycles. The number of nitrogens with zero attached hydrogens (tertiary/aromatic N) is 3. The van der Waals surface area contributed by atoms with Crippen molar-refractivity contribution in [2.45, 2.75) is 138 Å². The van der Waals surface area contributed by atoms with Gasteiger partial charge < -0.3 is 19.7 Å². The molecule has 47 heavy (non-hydrogen) atoms. The maximum Gasteiger partial charge on any atom is 0.408 e. The molecule has 1 aromatic rings. The minimum Gasteiger partial charge on any atom is -0.523 e. The van der Waals surface area contributed by atoms with Gasteiger partial charge in [-0.05, 0) is 112 Å². The van der Waals surface area contributed by atoms with E-state index >= 15 is 0 Å². The van der Waals surface area contributed by atoms with E-state index < -0.39 is 27.9 Å². The summed E-state index contributed by atoms with van der Waals surface area (Å²) in [6, 6.07) is 0. The monoisotopic (exact) mass is 646 g/mol. The summed E-state index contributed by atoms with van der Waals surface area (Å²) in [5.41, 5.74) is -0.791. The molecule has 0 aromatic carbocycles. The number of rotatable bonds is 3. The Morgan fingerprint density at radius 3 is 2.45 bits per heavy atom. The van der Waals surface area contributed by atoms with Crippen molar-refractivity contribution >= 4 is 11.9 Å². The number of aliphatic hydroxyl groups is 1. The average molecular weight is 647 g/mol. The van der Waals surface area contributed by atoms with Gasteiger partial charge >= 0.3 is 6.09 Å². The number of ketones is 1. The van der Waals surface area contributed by atoms with E-state index in [9.17, 15) is 14.7 Å². The Bertz CT molecular complexity index is 1610. The van der Waals surface area contributed by atoms with Gasteiger partial charge in [-0.2, -0.15) is 4.98 Å². The molecule has 5 aliphatic carbocycles. The largest absolute Gasteiger partial charge is 0.523 e. The van der Waals surface area contributed by atoms with E-state index in [1.807, 2.05) is 26.8 Å². The topological polar surface area (TPSA) is 119 Å². The van der Waals surface area contributed by atoms with Gasteiger partial charge in [0.15, 0.2) is 11.6 Å². The van der Waals surface area contributed by atoms with Crippen LogP contribution in [0.15, 0.2) is 27.6 Å². The van der Waals surface area contributed by atoms with Crippen LogP contribution in [-0.2, 0) is 21.5 Å². The van der Waals surface area contributed by atoms with Gasteiger partial charge in [-0.25, -0.2) is 9.64 Å². The van der Waals surface area contributed by atoms with Crippen LogP contribution < -0.4 is 5.32 Å². The quantitative estimate of drug-likeness (QED) is 0.316. The maximum atomic E-state index is 14.8. The third-order valence-corrected chi connectivity index (χ3v) is 13.8. The fourth-order valence-electron chi connectivity index (χ4n) is 11.3. The molecule has 3 fully saturated rings. The summed E-state index contributed by atoms with van der Waals surface area (Å²) in [6.07, 6.45) is 8.28. The number of aromatic nitrogens is 2. The zero-order valence-corrected chi connectivity index (χ0v) is 30.1. The summed E-state index contributed by atoms with van der Waals surface area (Å²) in [7, 11) is 0. The zero-order valence-electron chi connectivity index (χ0n) is 30.1. The second-order valence-electron chi connectivity index (χ2n) is 18.5. The summed E-state index contributed by atoms with van der Waals surface area (Å²) in [6.45, 7) is 29.2. The zero-order chi connectivity index (χ0) is 34.6. The predicted octanol–water partition coefficient (Wildman–Crippen LogP) is 8.63. The number of amides is 1. The minimum absolute atomic E-state index is 0.0347. The lowest BCUT2D eigenvalue weighted by Gasteiger charge is -2.69. The highest BCUT2D eigenvalue weighted by Gasteiger charge is 2.70. The highest BCUT2D eigenvalue weighted by Crippen LogP contribution is 2.75. The van der Waals surface area contributed by atoms with Crippen LogP contribution >= 0.6 is 0 Å². The number of carbonyl (C=O) groups excluding carboxylic acids is 2. The van der Waals surface area contributed by atoms with E-state index in [-0.39, 0.29) is 52.1 Å². The van der Waals surface area contributed by atoms with E-state index in [2.05, 4.69) is 63.8 Å². The number of carbonyl (C=O) groups is 2. The van der Waals surface area contributed by atoms with Crippen molar-refractivity contribution in [2.24, 2.45) is 44.8 Å². The maximum absolute atomic E-state index is 14.8. The Balaban J connectivity index is 1.39. The molecule has 9 nitrogen and oxygen atoms in total. The Kier molecular flexibility index (Phi) is 7.48. The second kappa shape index (κ2) is 10.4. The number of fused-ring (bicyclic) bond motifs is 7. The molecule has 9 heteroatoms. The van der Waals surface area contributed by atoms with Crippen molar-refractivity contribution in [1.29, 1.82) is 0 Å². The van der Waals surface area contributed by atoms with Gasteiger partial charge in [-0.3, -0.25) is 4.79 Å². The van der Waals surface area contributed by atoms with E-state index in [0.717, 1.165) is 44.9 Å². The lowest BCUT2D eigenvalue weighted by Crippen LogP contribution is -2.65. The molecule has 0 unspecified atom stereocenters. The molecule has 1 aromatic heterocycles. The molecule has 0 aliphatic heterocycles. The SMILES string of the molecule is [C-]#[N+]C1=C(O)C(C)(C)[C@@H]2CC[C@]3(C)C(=CC(=O)[C@@H]4[C@@H]5CC(C)(C)CC[C@]5(c5noc(CNC(=O)OC(C)(C)C)n5)CC[C@]43C)[C@@]2(C)C1. The molecule has 0 spiro atoms. The van der Waals surface area contributed by atoms with Crippen LogP contribution in [-0.4, -0.2) is 32.7 Å². The van der Waals surface area contributed by atoms with Gasteiger partial charge in [-0.1, -0.05) is 59.2 Å². The van der Waals surface area contributed by atoms with Crippen molar-refractivity contribution < 1.29 is 24.0 Å². The normalized spacial score (nSPS) is 39.0. The molecule has 1 amide bonds. The van der Waals surface area contributed by atoms with Crippen LogP contribution in [0.3, 0.4) is 0 Å². The smallest absolute Gasteiger partial charge is 0.408 e. The second-order valence-corrected chi connectivity index (χ2v) is 18.5. The number of ether oxygens (including phenoxy) is 1. The van der Waals surface area contributed by atoms with E-state index in [0.29, 0.717) is 23.8 Å². The third-order valence-electron chi connectivity index (χ3n) is 13.8. The van der Waals surface area contributed by atoms with Crippen molar-refractivity contribution in [3.05, 3.63) is 46.2 Å². The standard InChI is InChI=1S/C38H54N4O5/c1-32(2,3)46-31(45)40-21-27-41-30(42-47-27)38-16-14-33(4,5)19-22(38)28-24(43)18-26-35(8)20-23(39-11)29(44)34(6,7)25(35)12-13-36(26,9)37(28,10)15-17-38/h18,22,25,28,44H,12-17,19-21H2,1-10H3,(H,40,45)/t22-,25-,28-,35-,36+,37+,38-/m0/s1. The number of nitrogens with one attached hydrogen (secondary N) is 1. The van der Waals surface area contributed by atoms with Crippen molar-refractivity contribution in [1.82, 2.24) is 15.5 Å². The Hall–Kier alpha value is -3.15.